The normalized spacial score (nSPS) is 27.1. The van der Waals surface area contributed by atoms with Gasteiger partial charge in [0, 0.05) is 31.8 Å². The molecule has 0 aromatic rings. The highest BCUT2D eigenvalue weighted by molar-refractivity contribution is 5.80. The van der Waals surface area contributed by atoms with Crippen LogP contribution >= 0.6 is 0 Å². The van der Waals surface area contributed by atoms with Crippen LogP contribution in [0.2, 0.25) is 0 Å². The number of amides is 1. The summed E-state index contributed by atoms with van der Waals surface area (Å²) >= 11 is 0. The lowest BCUT2D eigenvalue weighted by Gasteiger charge is -2.38. The average molecular weight is 203 g/mol. The molecule has 14 heavy (non-hydrogen) atoms. The predicted octanol–water partition coefficient (Wildman–Crippen LogP) is 2.04. The molecule has 2 nitrogen and oxygen atoms in total. The molecule has 0 bridgehead atoms. The highest BCUT2D eigenvalue weighted by Gasteiger charge is 2.49. The van der Waals surface area contributed by atoms with Gasteiger partial charge in [0.1, 0.15) is 0 Å². The second kappa shape index (κ2) is 3.48. The van der Waals surface area contributed by atoms with Gasteiger partial charge in [-0.25, -0.2) is 8.78 Å². The number of piperidine rings is 1. The number of carbonyl (C=O) groups is 1. The van der Waals surface area contributed by atoms with Gasteiger partial charge >= 0.3 is 0 Å². The zero-order valence-corrected chi connectivity index (χ0v) is 8.14. The van der Waals surface area contributed by atoms with Crippen LogP contribution in [0.1, 0.15) is 32.1 Å². The Morgan fingerprint density at radius 3 is 2.21 bits per heavy atom. The Morgan fingerprint density at radius 2 is 1.71 bits per heavy atom. The maximum absolute atomic E-state index is 12.5. The maximum Gasteiger partial charge on any atom is 0.249 e. The molecule has 1 heterocycles. The zero-order chi connectivity index (χ0) is 10.2. The molecule has 2 aliphatic rings. The van der Waals surface area contributed by atoms with E-state index in [1.54, 1.807) is 4.90 Å². The summed E-state index contributed by atoms with van der Waals surface area (Å²) in [6.07, 6.45) is 2.74. The molecule has 1 saturated heterocycles. The summed E-state index contributed by atoms with van der Waals surface area (Å²) in [5.74, 6) is -3.02. The van der Waals surface area contributed by atoms with Crippen LogP contribution in [0.3, 0.4) is 0 Å². The lowest BCUT2D eigenvalue weighted by Crippen LogP contribution is -2.48. The SMILES string of the molecule is O=C(C1CC(F)(F)C1)N1CCCCC1. The molecule has 1 aliphatic heterocycles. The number of nitrogens with zero attached hydrogens (tertiary/aromatic N) is 1. The van der Waals surface area contributed by atoms with Crippen molar-refractivity contribution in [2.24, 2.45) is 5.92 Å². The van der Waals surface area contributed by atoms with Crippen LogP contribution in [0.15, 0.2) is 0 Å². The second-order valence-corrected chi connectivity index (χ2v) is 4.35. The monoisotopic (exact) mass is 203 g/mol. The number of hydrogen-bond donors (Lipinski definition) is 0. The Hall–Kier alpha value is -0.670. The first-order valence-corrected chi connectivity index (χ1v) is 5.25. The summed E-state index contributed by atoms with van der Waals surface area (Å²) in [5, 5.41) is 0. The van der Waals surface area contributed by atoms with Gasteiger partial charge in [0.15, 0.2) is 0 Å². The van der Waals surface area contributed by atoms with E-state index >= 15 is 0 Å². The minimum absolute atomic E-state index is 0.0457. The van der Waals surface area contributed by atoms with Crippen molar-refractivity contribution in [1.29, 1.82) is 0 Å². The number of alkyl halides is 2. The zero-order valence-electron chi connectivity index (χ0n) is 8.14. The van der Waals surface area contributed by atoms with E-state index in [0.29, 0.717) is 0 Å². The molecule has 0 spiro atoms. The van der Waals surface area contributed by atoms with Crippen molar-refractivity contribution in [2.45, 2.75) is 38.0 Å². The van der Waals surface area contributed by atoms with Crippen molar-refractivity contribution in [3.05, 3.63) is 0 Å². The van der Waals surface area contributed by atoms with Crippen LogP contribution < -0.4 is 0 Å². The standard InChI is InChI=1S/C10H15F2NO/c11-10(12)6-8(7-10)9(14)13-4-2-1-3-5-13/h8H,1-7H2. The maximum atomic E-state index is 12.5. The van der Waals surface area contributed by atoms with Crippen LogP contribution in [-0.4, -0.2) is 29.8 Å². The smallest absolute Gasteiger partial charge is 0.249 e. The van der Waals surface area contributed by atoms with E-state index < -0.39 is 11.8 Å². The molecule has 2 rings (SSSR count). The van der Waals surface area contributed by atoms with E-state index in [-0.39, 0.29) is 18.7 Å². The van der Waals surface area contributed by atoms with Gasteiger partial charge in [0.25, 0.3) is 0 Å². The molecule has 0 unspecified atom stereocenters. The number of carbonyl (C=O) groups excluding carboxylic acids is 1. The minimum atomic E-state index is -2.57. The van der Waals surface area contributed by atoms with Crippen molar-refractivity contribution >= 4 is 5.91 Å². The summed E-state index contributed by atoms with van der Waals surface area (Å²) < 4.78 is 25.1. The molecule has 0 atom stereocenters. The lowest BCUT2D eigenvalue weighted by molar-refractivity contribution is -0.160. The van der Waals surface area contributed by atoms with Crippen molar-refractivity contribution in [2.75, 3.05) is 13.1 Å². The van der Waals surface area contributed by atoms with E-state index in [1.807, 2.05) is 0 Å². The van der Waals surface area contributed by atoms with Gasteiger partial charge in [0.2, 0.25) is 11.8 Å². The number of hydrogen-bond acceptors (Lipinski definition) is 1. The quantitative estimate of drug-likeness (QED) is 0.638. The van der Waals surface area contributed by atoms with Crippen LogP contribution in [0.4, 0.5) is 8.78 Å². The van der Waals surface area contributed by atoms with Gasteiger partial charge in [-0.3, -0.25) is 4.79 Å². The Morgan fingerprint density at radius 1 is 1.14 bits per heavy atom. The molecule has 4 heteroatoms. The van der Waals surface area contributed by atoms with Gasteiger partial charge in [-0.1, -0.05) is 0 Å². The molecule has 1 amide bonds. The van der Waals surface area contributed by atoms with E-state index in [2.05, 4.69) is 0 Å². The van der Waals surface area contributed by atoms with Crippen LogP contribution in [-0.2, 0) is 4.79 Å². The van der Waals surface area contributed by atoms with Crippen LogP contribution in [0.25, 0.3) is 0 Å². The Labute approximate surface area is 82.3 Å². The first-order valence-electron chi connectivity index (χ1n) is 5.25. The highest BCUT2D eigenvalue weighted by atomic mass is 19.3. The van der Waals surface area contributed by atoms with Gasteiger partial charge in [-0.2, -0.15) is 0 Å². The van der Waals surface area contributed by atoms with Crippen molar-refractivity contribution in [3.63, 3.8) is 0 Å². The predicted molar refractivity (Wildman–Crippen MR) is 48.1 cm³/mol. The average Bonchev–Trinajstić information content (AvgIpc) is 2.14. The molecule has 0 aromatic heterocycles. The third-order valence-corrected chi connectivity index (χ3v) is 3.11. The van der Waals surface area contributed by atoms with Crippen molar-refractivity contribution in [1.82, 2.24) is 4.90 Å². The van der Waals surface area contributed by atoms with Crippen LogP contribution in [0, 0.1) is 5.92 Å². The largest absolute Gasteiger partial charge is 0.342 e. The molecule has 80 valence electrons. The Bertz CT molecular complexity index is 228. The summed E-state index contributed by atoms with van der Waals surface area (Å²) in [7, 11) is 0. The molecular formula is C10H15F2NO. The number of halogens is 2. The van der Waals surface area contributed by atoms with Gasteiger partial charge in [-0.05, 0) is 19.3 Å². The van der Waals surface area contributed by atoms with Gasteiger partial charge in [0.05, 0.1) is 0 Å². The van der Waals surface area contributed by atoms with Crippen LogP contribution in [0.5, 0.6) is 0 Å². The fraction of sp³-hybridized carbons (Fsp3) is 0.900. The third kappa shape index (κ3) is 1.88. The summed E-state index contributed by atoms with van der Waals surface area (Å²) in [6.45, 7) is 1.53. The number of likely N-dealkylation sites (tertiary alicyclic amines) is 1. The molecule has 0 aromatic carbocycles. The topological polar surface area (TPSA) is 20.3 Å². The van der Waals surface area contributed by atoms with E-state index in [4.69, 9.17) is 0 Å². The molecule has 2 fully saturated rings. The third-order valence-electron chi connectivity index (χ3n) is 3.11. The number of rotatable bonds is 1. The Balaban J connectivity index is 1.84. The first-order chi connectivity index (χ1) is 6.58. The molecule has 1 aliphatic carbocycles. The minimum Gasteiger partial charge on any atom is -0.342 e. The van der Waals surface area contributed by atoms with E-state index in [9.17, 15) is 13.6 Å². The van der Waals surface area contributed by atoms with E-state index in [1.165, 1.54) is 0 Å². The van der Waals surface area contributed by atoms with E-state index in [0.717, 1.165) is 32.4 Å². The fourth-order valence-corrected chi connectivity index (χ4v) is 2.21. The fourth-order valence-electron chi connectivity index (χ4n) is 2.21. The molecule has 0 radical (unpaired) electrons. The molecule has 1 saturated carbocycles. The summed E-state index contributed by atoms with van der Waals surface area (Å²) in [4.78, 5) is 13.4. The van der Waals surface area contributed by atoms with Gasteiger partial charge in [-0.15, -0.1) is 0 Å². The molecule has 0 N–H and O–H groups in total. The second-order valence-electron chi connectivity index (χ2n) is 4.35. The molecular weight excluding hydrogens is 188 g/mol. The lowest BCUT2D eigenvalue weighted by atomic mass is 9.80. The van der Waals surface area contributed by atoms with Crippen molar-refractivity contribution < 1.29 is 13.6 Å². The van der Waals surface area contributed by atoms with Gasteiger partial charge < -0.3 is 4.90 Å². The Kier molecular flexibility index (Phi) is 2.45. The summed E-state index contributed by atoms with van der Waals surface area (Å²) in [5.41, 5.74) is 0. The highest BCUT2D eigenvalue weighted by Crippen LogP contribution is 2.43. The summed E-state index contributed by atoms with van der Waals surface area (Å²) in [6, 6.07) is 0. The van der Waals surface area contributed by atoms with Crippen molar-refractivity contribution in [3.8, 4) is 0 Å². The first kappa shape index (κ1) is 9.87.